The molecule has 0 aromatic carbocycles. The van der Waals surface area contributed by atoms with Gasteiger partial charge in [0, 0.05) is 52.2 Å². The number of carbonyl (C=O) groups is 2. The van der Waals surface area contributed by atoms with Crippen LogP contribution in [0.25, 0.3) is 0 Å². The summed E-state index contributed by atoms with van der Waals surface area (Å²) in [6.07, 6.45) is 1.80. The molecule has 2 rings (SSSR count). The second-order valence-corrected chi connectivity index (χ2v) is 5.88. The molecule has 0 spiro atoms. The molecule has 20 heavy (non-hydrogen) atoms. The summed E-state index contributed by atoms with van der Waals surface area (Å²) >= 11 is 0. The first kappa shape index (κ1) is 15.3. The molecule has 0 aromatic rings. The lowest BCUT2D eigenvalue weighted by Crippen LogP contribution is -2.56. The first-order valence-electron chi connectivity index (χ1n) is 7.53. The molecular weight excluding hydrogens is 256 g/mol. The van der Waals surface area contributed by atoms with Gasteiger partial charge >= 0.3 is 0 Å². The Labute approximate surface area is 120 Å². The number of hydrogen-bond acceptors (Lipinski definition) is 4. The van der Waals surface area contributed by atoms with Gasteiger partial charge in [-0.3, -0.25) is 14.5 Å². The Morgan fingerprint density at radius 1 is 1.00 bits per heavy atom. The third-order valence-electron chi connectivity index (χ3n) is 4.52. The monoisotopic (exact) mass is 282 g/mol. The van der Waals surface area contributed by atoms with Crippen LogP contribution in [0.5, 0.6) is 0 Å². The Hall–Kier alpha value is -1.14. The summed E-state index contributed by atoms with van der Waals surface area (Å²) in [5.41, 5.74) is 5.87. The van der Waals surface area contributed by atoms with E-state index in [4.69, 9.17) is 5.73 Å². The summed E-state index contributed by atoms with van der Waals surface area (Å²) in [6.45, 7) is 8.12. The van der Waals surface area contributed by atoms with Gasteiger partial charge in [0.2, 0.25) is 11.8 Å². The van der Waals surface area contributed by atoms with Gasteiger partial charge in [-0.05, 0) is 19.8 Å². The van der Waals surface area contributed by atoms with Crippen LogP contribution < -0.4 is 5.73 Å². The Morgan fingerprint density at radius 2 is 1.55 bits per heavy atom. The van der Waals surface area contributed by atoms with Crippen molar-refractivity contribution in [1.82, 2.24) is 14.7 Å². The number of piperazine rings is 1. The van der Waals surface area contributed by atoms with Crippen molar-refractivity contribution >= 4 is 11.8 Å². The van der Waals surface area contributed by atoms with E-state index in [2.05, 4.69) is 4.90 Å². The molecule has 2 amide bonds. The topological polar surface area (TPSA) is 69.9 Å². The molecule has 6 heteroatoms. The fourth-order valence-electron chi connectivity index (χ4n) is 2.96. The van der Waals surface area contributed by atoms with E-state index >= 15 is 0 Å². The van der Waals surface area contributed by atoms with Crippen LogP contribution >= 0.6 is 0 Å². The highest BCUT2D eigenvalue weighted by Crippen LogP contribution is 2.13. The zero-order valence-electron chi connectivity index (χ0n) is 12.5. The van der Waals surface area contributed by atoms with Gasteiger partial charge in [-0.2, -0.15) is 0 Å². The molecule has 2 N–H and O–H groups in total. The molecule has 0 bridgehead atoms. The van der Waals surface area contributed by atoms with Crippen LogP contribution in [0, 0.1) is 0 Å². The highest BCUT2D eigenvalue weighted by Gasteiger charge is 2.30. The Bertz CT molecular complexity index is 358. The maximum Gasteiger partial charge on any atom is 0.239 e. The molecule has 2 saturated heterocycles. The highest BCUT2D eigenvalue weighted by atomic mass is 16.2. The second-order valence-electron chi connectivity index (χ2n) is 5.88. The molecule has 1 unspecified atom stereocenters. The number of carbonyl (C=O) groups excluding carboxylic acids is 2. The van der Waals surface area contributed by atoms with Crippen molar-refractivity contribution in [3.63, 3.8) is 0 Å². The third-order valence-corrected chi connectivity index (χ3v) is 4.52. The number of rotatable bonds is 2. The first-order chi connectivity index (χ1) is 9.49. The van der Waals surface area contributed by atoms with E-state index in [-0.39, 0.29) is 23.9 Å². The largest absolute Gasteiger partial charge is 0.341 e. The van der Waals surface area contributed by atoms with Crippen LogP contribution in [-0.2, 0) is 9.59 Å². The van der Waals surface area contributed by atoms with Crippen molar-refractivity contribution in [2.45, 2.75) is 38.8 Å². The smallest absolute Gasteiger partial charge is 0.239 e. The molecule has 0 radical (unpaired) electrons. The quantitative estimate of drug-likeness (QED) is 0.740. The van der Waals surface area contributed by atoms with Crippen molar-refractivity contribution in [3.05, 3.63) is 0 Å². The van der Waals surface area contributed by atoms with Gasteiger partial charge < -0.3 is 15.5 Å². The lowest BCUT2D eigenvalue weighted by atomic mass is 10.0. The minimum absolute atomic E-state index is 0.0987. The fourth-order valence-corrected chi connectivity index (χ4v) is 2.96. The van der Waals surface area contributed by atoms with Gasteiger partial charge in [-0.15, -0.1) is 0 Å². The van der Waals surface area contributed by atoms with Crippen molar-refractivity contribution in [2.24, 2.45) is 5.73 Å². The number of amides is 2. The number of nitrogens with two attached hydrogens (primary N) is 1. The summed E-state index contributed by atoms with van der Waals surface area (Å²) in [5, 5.41) is 0. The van der Waals surface area contributed by atoms with Crippen LogP contribution in [0.15, 0.2) is 0 Å². The van der Waals surface area contributed by atoms with Crippen LogP contribution in [0.1, 0.15) is 26.7 Å². The normalized spacial score (nSPS) is 23.8. The van der Waals surface area contributed by atoms with Gasteiger partial charge in [0.1, 0.15) is 0 Å². The predicted octanol–water partition coefficient (Wildman–Crippen LogP) is -0.511. The maximum absolute atomic E-state index is 12.5. The average Bonchev–Trinajstić information content (AvgIpc) is 2.46. The van der Waals surface area contributed by atoms with E-state index in [0.29, 0.717) is 0 Å². The third kappa shape index (κ3) is 3.49. The van der Waals surface area contributed by atoms with E-state index in [1.807, 2.05) is 16.7 Å². The summed E-state index contributed by atoms with van der Waals surface area (Å²) in [7, 11) is 0. The summed E-state index contributed by atoms with van der Waals surface area (Å²) in [4.78, 5) is 29.7. The average molecular weight is 282 g/mol. The van der Waals surface area contributed by atoms with E-state index in [1.165, 1.54) is 0 Å². The van der Waals surface area contributed by atoms with Crippen LogP contribution in [-0.4, -0.2) is 77.9 Å². The molecule has 6 nitrogen and oxygen atoms in total. The Morgan fingerprint density at radius 3 is 2.05 bits per heavy atom. The van der Waals surface area contributed by atoms with Crippen molar-refractivity contribution < 1.29 is 9.59 Å². The van der Waals surface area contributed by atoms with Crippen LogP contribution in [0.4, 0.5) is 0 Å². The van der Waals surface area contributed by atoms with Crippen LogP contribution in [0.3, 0.4) is 0 Å². The first-order valence-corrected chi connectivity index (χ1v) is 7.53. The summed E-state index contributed by atoms with van der Waals surface area (Å²) < 4.78 is 0. The summed E-state index contributed by atoms with van der Waals surface area (Å²) in [5.74, 6) is 0.321. The van der Waals surface area contributed by atoms with Crippen molar-refractivity contribution in [3.8, 4) is 0 Å². The standard InChI is InChI=1S/C14H26N4O2/c1-11(14(20)18-5-3-13(15)4-6-18)16-7-9-17(10-8-16)12(2)19/h11,13H,3-10,15H2,1-2H3. The zero-order valence-corrected chi connectivity index (χ0v) is 12.5. The Balaban J connectivity index is 1.83. The lowest BCUT2D eigenvalue weighted by Gasteiger charge is -2.39. The van der Waals surface area contributed by atoms with E-state index < -0.39 is 0 Å². The number of likely N-dealkylation sites (tertiary alicyclic amines) is 1. The lowest BCUT2D eigenvalue weighted by molar-refractivity contribution is -0.139. The van der Waals surface area contributed by atoms with Crippen molar-refractivity contribution in [1.29, 1.82) is 0 Å². The number of hydrogen-bond donors (Lipinski definition) is 1. The minimum atomic E-state index is -0.0987. The molecule has 2 fully saturated rings. The SMILES string of the molecule is CC(=O)N1CCN(C(C)C(=O)N2CCC(N)CC2)CC1. The van der Waals surface area contributed by atoms with Gasteiger partial charge in [0.15, 0.2) is 0 Å². The molecule has 2 aliphatic rings. The molecule has 2 aliphatic heterocycles. The molecule has 2 heterocycles. The second kappa shape index (κ2) is 6.54. The van der Waals surface area contributed by atoms with Crippen LogP contribution in [0.2, 0.25) is 0 Å². The molecule has 0 saturated carbocycles. The Kier molecular flexibility index (Phi) is 4.99. The predicted molar refractivity (Wildman–Crippen MR) is 77.1 cm³/mol. The molecule has 1 atom stereocenters. The van der Waals surface area contributed by atoms with E-state index in [9.17, 15) is 9.59 Å². The van der Waals surface area contributed by atoms with E-state index in [1.54, 1.807) is 6.92 Å². The maximum atomic E-state index is 12.5. The molecule has 114 valence electrons. The molecule has 0 aromatic heterocycles. The van der Waals surface area contributed by atoms with Gasteiger partial charge in [-0.1, -0.05) is 0 Å². The fraction of sp³-hybridized carbons (Fsp3) is 0.857. The van der Waals surface area contributed by atoms with Gasteiger partial charge in [0.25, 0.3) is 0 Å². The van der Waals surface area contributed by atoms with Crippen molar-refractivity contribution in [2.75, 3.05) is 39.3 Å². The van der Waals surface area contributed by atoms with E-state index in [0.717, 1.165) is 52.1 Å². The number of nitrogens with zero attached hydrogens (tertiary/aromatic N) is 3. The zero-order chi connectivity index (χ0) is 14.7. The minimum Gasteiger partial charge on any atom is -0.341 e. The molecular formula is C14H26N4O2. The number of piperidine rings is 1. The summed E-state index contributed by atoms with van der Waals surface area (Å²) in [6, 6.07) is 0.145. The molecule has 0 aliphatic carbocycles. The van der Waals surface area contributed by atoms with Gasteiger partial charge in [0.05, 0.1) is 6.04 Å². The highest BCUT2D eigenvalue weighted by molar-refractivity contribution is 5.81. The van der Waals surface area contributed by atoms with Gasteiger partial charge in [-0.25, -0.2) is 0 Å².